The Kier molecular flexibility index (Phi) is 3.29. The molecular weight excluding hydrogens is 264 g/mol. The third-order valence-corrected chi connectivity index (χ3v) is 3.95. The number of aryl methyl sites for hydroxylation is 1. The first-order chi connectivity index (χ1) is 10.1. The van der Waals surface area contributed by atoms with Gasteiger partial charge in [0, 0.05) is 23.5 Å². The lowest BCUT2D eigenvalue weighted by Gasteiger charge is -2.01. The third kappa shape index (κ3) is 2.23. The summed E-state index contributed by atoms with van der Waals surface area (Å²) in [7, 11) is 1.40. The summed E-state index contributed by atoms with van der Waals surface area (Å²) in [5, 5.41) is 3.38. The molecule has 2 aromatic rings. The van der Waals surface area contributed by atoms with Gasteiger partial charge in [-0.05, 0) is 42.7 Å². The minimum Gasteiger partial charge on any atom is -0.464 e. The van der Waals surface area contributed by atoms with Crippen molar-refractivity contribution in [2.45, 2.75) is 13.8 Å². The van der Waals surface area contributed by atoms with Gasteiger partial charge < -0.3 is 15.0 Å². The number of esters is 1. The summed E-state index contributed by atoms with van der Waals surface area (Å²) in [5.41, 5.74) is 7.10. The van der Waals surface area contributed by atoms with Crippen LogP contribution in [-0.4, -0.2) is 24.6 Å². The molecule has 4 heteroatoms. The van der Waals surface area contributed by atoms with Crippen LogP contribution in [0.3, 0.4) is 0 Å². The second-order valence-electron chi connectivity index (χ2n) is 5.22. The number of benzene rings is 1. The molecule has 1 aliphatic heterocycles. The van der Waals surface area contributed by atoms with Crippen molar-refractivity contribution < 1.29 is 9.53 Å². The van der Waals surface area contributed by atoms with E-state index in [1.54, 1.807) is 0 Å². The number of nitrogens with one attached hydrogen (secondary N) is 2. The predicted molar refractivity (Wildman–Crippen MR) is 84.4 cm³/mol. The van der Waals surface area contributed by atoms with Crippen molar-refractivity contribution in [3.8, 4) is 0 Å². The summed E-state index contributed by atoms with van der Waals surface area (Å²) in [6.45, 7) is 4.72. The number of aromatic nitrogens is 1. The first-order valence-electron chi connectivity index (χ1n) is 6.93. The largest absolute Gasteiger partial charge is 0.464 e. The number of rotatable bonds is 2. The number of ether oxygens (including phenoxy) is 1. The first kappa shape index (κ1) is 13.5. The lowest BCUT2D eigenvalue weighted by Crippen LogP contribution is -2.03. The minimum absolute atomic E-state index is 0.329. The van der Waals surface area contributed by atoms with Gasteiger partial charge in [-0.15, -0.1) is 0 Å². The van der Waals surface area contributed by atoms with Crippen LogP contribution in [0.2, 0.25) is 0 Å². The number of hydrogen-bond donors (Lipinski definition) is 2. The fraction of sp³-hybridized carbons (Fsp3) is 0.235. The SMILES string of the molecule is COC(=O)c1[nH]c(C)c(/C=C2/CNc3ccccc32)c1C. The van der Waals surface area contributed by atoms with Crippen molar-refractivity contribution in [3.05, 3.63) is 52.3 Å². The van der Waals surface area contributed by atoms with E-state index in [1.165, 1.54) is 18.2 Å². The number of methoxy groups -OCH3 is 1. The van der Waals surface area contributed by atoms with Gasteiger partial charge in [-0.25, -0.2) is 4.79 Å². The van der Waals surface area contributed by atoms with E-state index in [9.17, 15) is 4.79 Å². The number of para-hydroxylation sites is 1. The van der Waals surface area contributed by atoms with Gasteiger partial charge in [0.25, 0.3) is 0 Å². The van der Waals surface area contributed by atoms with Crippen LogP contribution in [-0.2, 0) is 4.74 Å². The fourth-order valence-corrected chi connectivity index (χ4v) is 2.79. The van der Waals surface area contributed by atoms with Gasteiger partial charge >= 0.3 is 5.97 Å². The molecule has 0 radical (unpaired) electrons. The van der Waals surface area contributed by atoms with Crippen molar-refractivity contribution in [1.82, 2.24) is 4.98 Å². The number of carbonyl (C=O) groups excluding carboxylic acids is 1. The van der Waals surface area contributed by atoms with Gasteiger partial charge in [0.05, 0.1) is 7.11 Å². The highest BCUT2D eigenvalue weighted by Crippen LogP contribution is 2.33. The highest BCUT2D eigenvalue weighted by molar-refractivity contribution is 5.96. The summed E-state index contributed by atoms with van der Waals surface area (Å²) in [6.07, 6.45) is 2.15. The third-order valence-electron chi connectivity index (χ3n) is 3.95. The van der Waals surface area contributed by atoms with E-state index < -0.39 is 0 Å². The molecular formula is C17H18N2O2. The topological polar surface area (TPSA) is 54.1 Å². The van der Waals surface area contributed by atoms with Gasteiger partial charge in [-0.1, -0.05) is 18.2 Å². The van der Waals surface area contributed by atoms with Gasteiger partial charge in [-0.3, -0.25) is 0 Å². The highest BCUT2D eigenvalue weighted by atomic mass is 16.5. The molecule has 1 aliphatic rings. The monoisotopic (exact) mass is 282 g/mol. The minimum atomic E-state index is -0.329. The van der Waals surface area contributed by atoms with Crippen LogP contribution in [0.15, 0.2) is 24.3 Å². The van der Waals surface area contributed by atoms with Gasteiger partial charge in [0.2, 0.25) is 0 Å². The zero-order valence-corrected chi connectivity index (χ0v) is 12.4. The van der Waals surface area contributed by atoms with Crippen LogP contribution in [0.1, 0.15) is 32.9 Å². The molecule has 0 spiro atoms. The molecule has 108 valence electrons. The second-order valence-corrected chi connectivity index (χ2v) is 5.22. The Hall–Kier alpha value is -2.49. The molecule has 2 heterocycles. The maximum absolute atomic E-state index is 11.7. The first-order valence-corrected chi connectivity index (χ1v) is 6.93. The fourth-order valence-electron chi connectivity index (χ4n) is 2.79. The molecule has 2 N–H and O–H groups in total. The van der Waals surface area contributed by atoms with Gasteiger partial charge in [0.1, 0.15) is 5.69 Å². The lowest BCUT2D eigenvalue weighted by atomic mass is 10.0. The molecule has 4 nitrogen and oxygen atoms in total. The van der Waals surface area contributed by atoms with Crippen LogP contribution in [0, 0.1) is 13.8 Å². The number of aromatic amines is 1. The van der Waals surface area contributed by atoms with Crippen LogP contribution in [0.4, 0.5) is 5.69 Å². The Bertz CT molecular complexity index is 741. The number of carbonyl (C=O) groups is 1. The quantitative estimate of drug-likeness (QED) is 0.830. The van der Waals surface area contributed by atoms with Crippen molar-refractivity contribution in [2.24, 2.45) is 0 Å². The summed E-state index contributed by atoms with van der Waals surface area (Å²) < 4.78 is 4.81. The summed E-state index contributed by atoms with van der Waals surface area (Å²) in [6, 6.07) is 8.25. The summed E-state index contributed by atoms with van der Waals surface area (Å²) in [4.78, 5) is 14.9. The molecule has 21 heavy (non-hydrogen) atoms. The highest BCUT2D eigenvalue weighted by Gasteiger charge is 2.19. The average molecular weight is 282 g/mol. The molecule has 3 rings (SSSR count). The van der Waals surface area contributed by atoms with E-state index >= 15 is 0 Å². The molecule has 0 fully saturated rings. The molecule has 0 aliphatic carbocycles. The Morgan fingerprint density at radius 3 is 2.81 bits per heavy atom. The molecule has 0 atom stereocenters. The smallest absolute Gasteiger partial charge is 0.354 e. The zero-order chi connectivity index (χ0) is 15.0. The molecule has 0 amide bonds. The normalized spacial score (nSPS) is 14.9. The number of H-pyrrole nitrogens is 1. The van der Waals surface area contributed by atoms with Crippen molar-refractivity contribution in [1.29, 1.82) is 0 Å². The molecule has 1 aromatic carbocycles. The molecule has 1 aromatic heterocycles. The van der Waals surface area contributed by atoms with E-state index in [0.29, 0.717) is 5.69 Å². The Balaban J connectivity index is 2.05. The van der Waals surface area contributed by atoms with Crippen LogP contribution in [0.25, 0.3) is 11.6 Å². The summed E-state index contributed by atoms with van der Waals surface area (Å²) >= 11 is 0. The number of hydrogen-bond acceptors (Lipinski definition) is 3. The van der Waals surface area contributed by atoms with E-state index in [1.807, 2.05) is 26.0 Å². The maximum Gasteiger partial charge on any atom is 0.354 e. The van der Waals surface area contributed by atoms with E-state index in [-0.39, 0.29) is 5.97 Å². The van der Waals surface area contributed by atoms with Crippen LogP contribution in [0.5, 0.6) is 0 Å². The van der Waals surface area contributed by atoms with Crippen LogP contribution < -0.4 is 5.32 Å². The zero-order valence-electron chi connectivity index (χ0n) is 12.4. The van der Waals surface area contributed by atoms with E-state index in [0.717, 1.165) is 29.1 Å². The average Bonchev–Trinajstić information content (AvgIpc) is 3.03. The predicted octanol–water partition coefficient (Wildman–Crippen LogP) is 3.38. The molecule has 0 bridgehead atoms. The molecule has 0 saturated carbocycles. The second kappa shape index (κ2) is 5.13. The van der Waals surface area contributed by atoms with Crippen molar-refractivity contribution >= 4 is 23.3 Å². The molecule has 0 unspecified atom stereocenters. The Morgan fingerprint density at radius 2 is 2.05 bits per heavy atom. The summed E-state index contributed by atoms with van der Waals surface area (Å²) in [5.74, 6) is -0.329. The van der Waals surface area contributed by atoms with E-state index in [2.05, 4.69) is 28.5 Å². The van der Waals surface area contributed by atoms with E-state index in [4.69, 9.17) is 4.74 Å². The number of fused-ring (bicyclic) bond motifs is 1. The Labute approximate surface area is 123 Å². The van der Waals surface area contributed by atoms with Gasteiger partial charge in [0.15, 0.2) is 0 Å². The van der Waals surface area contributed by atoms with Crippen molar-refractivity contribution in [3.63, 3.8) is 0 Å². The van der Waals surface area contributed by atoms with Gasteiger partial charge in [-0.2, -0.15) is 0 Å². The van der Waals surface area contributed by atoms with Crippen LogP contribution >= 0.6 is 0 Å². The Morgan fingerprint density at radius 1 is 1.29 bits per heavy atom. The maximum atomic E-state index is 11.7. The lowest BCUT2D eigenvalue weighted by molar-refractivity contribution is 0.0594. The van der Waals surface area contributed by atoms with Crippen molar-refractivity contribution in [2.75, 3.05) is 19.0 Å². The number of anilines is 1. The molecule has 0 saturated heterocycles. The standard InChI is InChI=1S/C17H18N2O2/c1-10-14(11(2)19-16(10)17(20)21-3)8-12-9-18-15-7-5-4-6-13(12)15/h4-8,18-19H,9H2,1-3H3/b12-8-.